The van der Waals surface area contributed by atoms with Gasteiger partial charge in [0.15, 0.2) is 5.82 Å². The highest BCUT2D eigenvalue weighted by atomic mass is 15.1. The van der Waals surface area contributed by atoms with E-state index in [9.17, 15) is 0 Å². The Hall–Kier alpha value is -2.42. The van der Waals surface area contributed by atoms with Crippen molar-refractivity contribution in [3.05, 3.63) is 54.6 Å². The molecule has 0 radical (unpaired) electrons. The molecule has 4 rings (SSSR count). The first kappa shape index (κ1) is 11.4. The molecule has 2 aromatic carbocycles. The molecule has 0 bridgehead atoms. The molecular weight excluding hydrogens is 246 g/mol. The van der Waals surface area contributed by atoms with Crippen molar-refractivity contribution in [2.24, 2.45) is 0 Å². The molecule has 1 saturated carbocycles. The fourth-order valence-electron chi connectivity index (χ4n) is 2.32. The number of nitrogens with one attached hydrogen (secondary N) is 1. The third kappa shape index (κ3) is 2.11. The van der Waals surface area contributed by atoms with Crippen molar-refractivity contribution in [2.75, 3.05) is 5.32 Å². The fourth-order valence-corrected chi connectivity index (χ4v) is 2.32. The molecule has 98 valence electrons. The van der Waals surface area contributed by atoms with Gasteiger partial charge in [-0.2, -0.15) is 0 Å². The van der Waals surface area contributed by atoms with Gasteiger partial charge in [0.25, 0.3) is 0 Å². The van der Waals surface area contributed by atoms with Crippen molar-refractivity contribution >= 4 is 16.7 Å². The lowest BCUT2D eigenvalue weighted by Gasteiger charge is -2.10. The third-order valence-electron chi connectivity index (χ3n) is 3.55. The van der Waals surface area contributed by atoms with E-state index in [0.717, 1.165) is 28.1 Å². The van der Waals surface area contributed by atoms with E-state index >= 15 is 0 Å². The fraction of sp³-hybridized carbons (Fsp3) is 0.176. The lowest BCUT2D eigenvalue weighted by molar-refractivity contribution is 1.11. The molecule has 20 heavy (non-hydrogen) atoms. The van der Waals surface area contributed by atoms with Gasteiger partial charge in [0.1, 0.15) is 5.82 Å². The van der Waals surface area contributed by atoms with Gasteiger partial charge in [-0.15, -0.1) is 0 Å². The maximum absolute atomic E-state index is 4.73. The molecule has 1 fully saturated rings. The Morgan fingerprint density at radius 1 is 0.850 bits per heavy atom. The number of rotatable bonds is 3. The SMILES string of the molecule is c1ccc(-c2nc(NC3CC3)c3ccccc3n2)cc1. The molecule has 1 heterocycles. The van der Waals surface area contributed by atoms with Crippen LogP contribution in [0.3, 0.4) is 0 Å². The number of hydrogen-bond donors (Lipinski definition) is 1. The molecule has 0 spiro atoms. The van der Waals surface area contributed by atoms with E-state index in [2.05, 4.69) is 16.4 Å². The topological polar surface area (TPSA) is 37.8 Å². The Bertz CT molecular complexity index is 749. The average Bonchev–Trinajstić information content (AvgIpc) is 3.32. The molecule has 0 unspecified atom stereocenters. The predicted molar refractivity (Wildman–Crippen MR) is 81.6 cm³/mol. The molecule has 3 aromatic rings. The standard InChI is InChI=1S/C17H15N3/c1-2-6-12(7-3-1)16-19-15-9-5-4-8-14(15)17(20-16)18-13-10-11-13/h1-9,13H,10-11H2,(H,18,19,20). The number of hydrogen-bond acceptors (Lipinski definition) is 3. The second-order valence-corrected chi connectivity index (χ2v) is 5.20. The number of fused-ring (bicyclic) bond motifs is 1. The van der Waals surface area contributed by atoms with Gasteiger partial charge in [0.2, 0.25) is 0 Å². The molecule has 1 aliphatic rings. The first-order chi connectivity index (χ1) is 9.90. The van der Waals surface area contributed by atoms with Crippen LogP contribution in [0.1, 0.15) is 12.8 Å². The summed E-state index contributed by atoms with van der Waals surface area (Å²) < 4.78 is 0. The zero-order valence-electron chi connectivity index (χ0n) is 11.1. The van der Waals surface area contributed by atoms with Crippen LogP contribution in [0, 0.1) is 0 Å². The smallest absolute Gasteiger partial charge is 0.162 e. The van der Waals surface area contributed by atoms with Crippen LogP contribution in [0.5, 0.6) is 0 Å². The van der Waals surface area contributed by atoms with Crippen LogP contribution in [0.25, 0.3) is 22.3 Å². The summed E-state index contributed by atoms with van der Waals surface area (Å²) >= 11 is 0. The minimum absolute atomic E-state index is 0.580. The normalized spacial score (nSPS) is 14.4. The second kappa shape index (κ2) is 4.60. The van der Waals surface area contributed by atoms with E-state index in [4.69, 9.17) is 4.98 Å². The van der Waals surface area contributed by atoms with Crippen LogP contribution < -0.4 is 5.32 Å². The van der Waals surface area contributed by atoms with Gasteiger partial charge in [-0.25, -0.2) is 9.97 Å². The maximum Gasteiger partial charge on any atom is 0.162 e. The summed E-state index contributed by atoms with van der Waals surface area (Å²) in [7, 11) is 0. The highest BCUT2D eigenvalue weighted by molar-refractivity contribution is 5.90. The number of aromatic nitrogens is 2. The first-order valence-electron chi connectivity index (χ1n) is 6.99. The first-order valence-corrected chi connectivity index (χ1v) is 6.99. The Morgan fingerprint density at radius 2 is 1.60 bits per heavy atom. The highest BCUT2D eigenvalue weighted by Gasteiger charge is 2.22. The summed E-state index contributed by atoms with van der Waals surface area (Å²) in [5.74, 6) is 1.74. The summed E-state index contributed by atoms with van der Waals surface area (Å²) in [6.07, 6.45) is 2.47. The van der Waals surface area contributed by atoms with E-state index in [1.54, 1.807) is 0 Å². The van der Waals surface area contributed by atoms with Gasteiger partial charge in [0.05, 0.1) is 5.52 Å². The summed E-state index contributed by atoms with van der Waals surface area (Å²) in [6.45, 7) is 0. The van der Waals surface area contributed by atoms with E-state index in [1.807, 2.05) is 48.5 Å². The molecule has 3 nitrogen and oxygen atoms in total. The van der Waals surface area contributed by atoms with Crippen LogP contribution in [-0.2, 0) is 0 Å². The van der Waals surface area contributed by atoms with Crippen LogP contribution >= 0.6 is 0 Å². The second-order valence-electron chi connectivity index (χ2n) is 5.20. The van der Waals surface area contributed by atoms with Gasteiger partial charge in [-0.1, -0.05) is 42.5 Å². The van der Waals surface area contributed by atoms with Crippen LogP contribution in [0.15, 0.2) is 54.6 Å². The summed E-state index contributed by atoms with van der Waals surface area (Å²) in [4.78, 5) is 9.41. The Morgan fingerprint density at radius 3 is 2.40 bits per heavy atom. The minimum atomic E-state index is 0.580. The molecule has 1 aliphatic carbocycles. The largest absolute Gasteiger partial charge is 0.367 e. The van der Waals surface area contributed by atoms with Crippen LogP contribution in [0.4, 0.5) is 5.82 Å². The Balaban J connectivity index is 1.89. The molecule has 0 atom stereocenters. The number of nitrogens with zero attached hydrogens (tertiary/aromatic N) is 2. The monoisotopic (exact) mass is 261 g/mol. The number of anilines is 1. The van der Waals surface area contributed by atoms with Crippen molar-refractivity contribution < 1.29 is 0 Å². The Kier molecular flexibility index (Phi) is 2.62. The average molecular weight is 261 g/mol. The maximum atomic E-state index is 4.73. The zero-order valence-corrected chi connectivity index (χ0v) is 11.1. The van der Waals surface area contributed by atoms with E-state index in [-0.39, 0.29) is 0 Å². The van der Waals surface area contributed by atoms with Gasteiger partial charge >= 0.3 is 0 Å². The molecule has 1 aromatic heterocycles. The lowest BCUT2D eigenvalue weighted by atomic mass is 10.2. The summed E-state index contributed by atoms with van der Waals surface area (Å²) in [6, 6.07) is 18.9. The molecule has 0 aliphatic heterocycles. The Labute approximate surface area is 117 Å². The number of para-hydroxylation sites is 1. The van der Waals surface area contributed by atoms with Gasteiger partial charge in [-0.05, 0) is 25.0 Å². The van der Waals surface area contributed by atoms with Crippen LogP contribution in [0.2, 0.25) is 0 Å². The van der Waals surface area contributed by atoms with Gasteiger partial charge in [0, 0.05) is 17.0 Å². The van der Waals surface area contributed by atoms with E-state index in [0.29, 0.717) is 6.04 Å². The summed E-state index contributed by atoms with van der Waals surface area (Å²) in [5.41, 5.74) is 2.04. The van der Waals surface area contributed by atoms with Crippen molar-refractivity contribution in [1.82, 2.24) is 9.97 Å². The number of benzene rings is 2. The third-order valence-corrected chi connectivity index (χ3v) is 3.55. The van der Waals surface area contributed by atoms with E-state index < -0.39 is 0 Å². The van der Waals surface area contributed by atoms with Gasteiger partial charge in [-0.3, -0.25) is 0 Å². The molecule has 0 amide bonds. The predicted octanol–water partition coefficient (Wildman–Crippen LogP) is 3.87. The molecule has 3 heteroatoms. The van der Waals surface area contributed by atoms with Crippen molar-refractivity contribution in [1.29, 1.82) is 0 Å². The van der Waals surface area contributed by atoms with Crippen molar-refractivity contribution in [2.45, 2.75) is 18.9 Å². The lowest BCUT2D eigenvalue weighted by Crippen LogP contribution is -2.05. The quantitative estimate of drug-likeness (QED) is 0.777. The van der Waals surface area contributed by atoms with Crippen molar-refractivity contribution in [3.8, 4) is 11.4 Å². The van der Waals surface area contributed by atoms with Gasteiger partial charge < -0.3 is 5.32 Å². The van der Waals surface area contributed by atoms with Crippen LogP contribution in [-0.4, -0.2) is 16.0 Å². The minimum Gasteiger partial charge on any atom is -0.367 e. The zero-order chi connectivity index (χ0) is 13.4. The molecular formula is C17H15N3. The molecule has 0 saturated heterocycles. The molecule has 1 N–H and O–H groups in total. The van der Waals surface area contributed by atoms with E-state index in [1.165, 1.54) is 12.8 Å². The van der Waals surface area contributed by atoms with Crippen molar-refractivity contribution in [3.63, 3.8) is 0 Å². The summed E-state index contributed by atoms with van der Waals surface area (Å²) in [5, 5.41) is 4.61. The highest BCUT2D eigenvalue weighted by Crippen LogP contribution is 2.29.